The zero-order valence-electron chi connectivity index (χ0n) is 21.3. The fourth-order valence-electron chi connectivity index (χ4n) is 3.65. The van der Waals surface area contributed by atoms with Gasteiger partial charge in [0.2, 0.25) is 0 Å². The van der Waals surface area contributed by atoms with E-state index in [4.69, 9.17) is 5.11 Å². The largest absolute Gasteiger partial charge is 0.394 e. The normalized spacial score (nSPS) is 14.1. The van der Waals surface area contributed by atoms with Crippen LogP contribution >= 0.6 is 11.8 Å². The smallest absolute Gasteiger partial charge is 0.332 e. The van der Waals surface area contributed by atoms with Crippen LogP contribution < -0.4 is 16.7 Å². The Hall–Kier alpha value is -4.23. The molecule has 0 aliphatic rings. The monoisotopic (exact) mass is 574 g/mol. The molecule has 4 rings (SSSR count). The number of thioether (sulfide) groups is 1. The van der Waals surface area contributed by atoms with Crippen LogP contribution in [0.15, 0.2) is 50.2 Å². The molecule has 1 amide bonds. The molecule has 0 aliphatic heterocycles. The summed E-state index contributed by atoms with van der Waals surface area (Å²) in [5, 5.41) is 57.9. The second-order valence-electron chi connectivity index (χ2n) is 8.53. The first-order chi connectivity index (χ1) is 19.1. The van der Waals surface area contributed by atoms with Crippen LogP contribution in [0, 0.1) is 0 Å². The molecule has 0 radical (unpaired) electrons. The number of amides is 1. The van der Waals surface area contributed by atoms with Crippen molar-refractivity contribution in [1.29, 1.82) is 0 Å². The van der Waals surface area contributed by atoms with Gasteiger partial charge in [0.25, 0.3) is 11.5 Å². The van der Waals surface area contributed by atoms with Crippen molar-refractivity contribution in [2.75, 3.05) is 12.4 Å². The number of hydrazone groups is 1. The molecule has 0 fully saturated rings. The van der Waals surface area contributed by atoms with Crippen molar-refractivity contribution in [2.24, 2.45) is 19.2 Å². The van der Waals surface area contributed by atoms with Crippen molar-refractivity contribution in [1.82, 2.24) is 44.3 Å². The molecule has 4 aromatic rings. The lowest BCUT2D eigenvalue weighted by Gasteiger charge is -2.17. The van der Waals surface area contributed by atoms with Crippen molar-refractivity contribution < 1.29 is 25.2 Å². The second kappa shape index (κ2) is 12.3. The average molecular weight is 575 g/mol. The summed E-state index contributed by atoms with van der Waals surface area (Å²) in [6, 6.07) is 9.04. The molecule has 18 heteroatoms. The quantitative estimate of drug-likeness (QED) is 0.0675. The molecular formula is C22H26N10O7S. The van der Waals surface area contributed by atoms with Gasteiger partial charge in [0, 0.05) is 19.8 Å². The average Bonchev–Trinajstić information content (AvgIpc) is 3.57. The lowest BCUT2D eigenvalue weighted by molar-refractivity contribution is -0.118. The highest BCUT2D eigenvalue weighted by atomic mass is 32.2. The maximum atomic E-state index is 12.8. The number of fused-ring (bicyclic) bond motifs is 1. The van der Waals surface area contributed by atoms with E-state index in [2.05, 4.69) is 31.0 Å². The number of hydrogen-bond acceptors (Lipinski definition) is 13. The Morgan fingerprint density at radius 2 is 1.82 bits per heavy atom. The molecule has 0 saturated heterocycles. The Labute approximate surface area is 229 Å². The van der Waals surface area contributed by atoms with Crippen LogP contribution in [0.2, 0.25) is 0 Å². The first-order valence-electron chi connectivity index (χ1n) is 11.7. The minimum Gasteiger partial charge on any atom is -0.394 e. The fraction of sp³-hybridized carbons (Fsp3) is 0.364. The predicted octanol–water partition coefficient (Wildman–Crippen LogP) is -3.27. The molecule has 212 valence electrons. The van der Waals surface area contributed by atoms with Crippen LogP contribution in [0.25, 0.3) is 16.9 Å². The van der Waals surface area contributed by atoms with E-state index in [1.165, 1.54) is 23.3 Å². The number of nitrogens with zero attached hydrogens (tertiary/aromatic N) is 9. The minimum atomic E-state index is -1.69. The number of aliphatic hydroxyl groups excluding tert-OH is 4. The van der Waals surface area contributed by atoms with Gasteiger partial charge in [-0.1, -0.05) is 35.2 Å². The number of carbonyl (C=O) groups is 1. The van der Waals surface area contributed by atoms with Gasteiger partial charge in [-0.05, 0) is 12.1 Å². The van der Waals surface area contributed by atoms with E-state index in [1.54, 1.807) is 28.8 Å². The van der Waals surface area contributed by atoms with Crippen LogP contribution in [-0.2, 0) is 25.4 Å². The van der Waals surface area contributed by atoms with Gasteiger partial charge in [-0.2, -0.15) is 5.10 Å². The predicted molar refractivity (Wildman–Crippen MR) is 141 cm³/mol. The van der Waals surface area contributed by atoms with Gasteiger partial charge in [0.05, 0.1) is 18.6 Å². The molecule has 0 bridgehead atoms. The van der Waals surface area contributed by atoms with Gasteiger partial charge in [-0.15, -0.1) is 15.3 Å². The van der Waals surface area contributed by atoms with E-state index >= 15 is 0 Å². The van der Waals surface area contributed by atoms with Crippen molar-refractivity contribution in [3.05, 3.63) is 57.0 Å². The molecule has 0 unspecified atom stereocenters. The summed E-state index contributed by atoms with van der Waals surface area (Å²) in [7, 11) is 2.85. The Morgan fingerprint density at radius 3 is 2.52 bits per heavy atom. The molecule has 0 saturated carbocycles. The number of para-hydroxylation sites is 1. The van der Waals surface area contributed by atoms with E-state index in [1.807, 2.05) is 6.07 Å². The molecule has 0 aliphatic carbocycles. The highest BCUT2D eigenvalue weighted by molar-refractivity contribution is 7.99. The molecule has 3 atom stereocenters. The Kier molecular flexibility index (Phi) is 8.85. The zero-order chi connectivity index (χ0) is 29.0. The third kappa shape index (κ3) is 5.84. The molecule has 5 N–H and O–H groups in total. The summed E-state index contributed by atoms with van der Waals surface area (Å²) in [5.41, 5.74) is 1.99. The number of rotatable bonds is 11. The van der Waals surface area contributed by atoms with Crippen LogP contribution in [0.5, 0.6) is 0 Å². The third-order valence-corrected chi connectivity index (χ3v) is 6.73. The van der Waals surface area contributed by atoms with Crippen molar-refractivity contribution >= 4 is 35.0 Å². The fourth-order valence-corrected chi connectivity index (χ4v) is 4.41. The summed E-state index contributed by atoms with van der Waals surface area (Å²) >= 11 is 1.03. The molecule has 3 heterocycles. The van der Waals surface area contributed by atoms with Crippen molar-refractivity contribution in [3.8, 4) is 5.69 Å². The van der Waals surface area contributed by atoms with Crippen LogP contribution in [-0.4, -0.2) is 102 Å². The summed E-state index contributed by atoms with van der Waals surface area (Å²) in [4.78, 5) is 37.4. The van der Waals surface area contributed by atoms with Crippen LogP contribution in [0.1, 0.15) is 5.82 Å². The summed E-state index contributed by atoms with van der Waals surface area (Å²) in [6.45, 7) is -0.786. The first-order valence-corrected chi connectivity index (χ1v) is 12.7. The number of aliphatic hydroxyl groups is 4. The second-order valence-corrected chi connectivity index (χ2v) is 9.47. The van der Waals surface area contributed by atoms with E-state index < -0.39 is 42.1 Å². The molecule has 40 heavy (non-hydrogen) atoms. The summed E-state index contributed by atoms with van der Waals surface area (Å²) < 4.78 is 5.18. The number of hydrogen-bond donors (Lipinski definition) is 5. The molecule has 3 aromatic heterocycles. The van der Waals surface area contributed by atoms with Crippen molar-refractivity contribution in [2.45, 2.75) is 30.0 Å². The Bertz CT molecular complexity index is 1650. The summed E-state index contributed by atoms with van der Waals surface area (Å²) in [5.74, 6) is -0.356. The topological polar surface area (TPSA) is 228 Å². The maximum Gasteiger partial charge on any atom is 0.332 e. The summed E-state index contributed by atoms with van der Waals surface area (Å²) in [6.07, 6.45) is -4.06. The van der Waals surface area contributed by atoms with Crippen molar-refractivity contribution in [3.63, 3.8) is 0 Å². The van der Waals surface area contributed by atoms with Gasteiger partial charge in [0.15, 0.2) is 22.1 Å². The minimum absolute atomic E-state index is 0.0250. The number of aromatic nitrogens is 8. The van der Waals surface area contributed by atoms with Gasteiger partial charge >= 0.3 is 5.69 Å². The number of benzene rings is 1. The van der Waals surface area contributed by atoms with Crippen LogP contribution in [0.4, 0.5) is 0 Å². The standard InChI is InChI=1S/C22H26N10O7S/c1-29-19-17(20(38)30(2)22(29)39)31(28-26-19)9-15-24-27-21(32(15)12-6-4-3-5-7-12)40-11-16(36)25-23-8-13(34)18(37)14(35)10-33/h3-8,13-14,18,33-35,37H,9-11H2,1-2H3,(H,25,36)/b23-8+/t13-,14+,18-/m0/s1. The molecular weight excluding hydrogens is 548 g/mol. The lowest BCUT2D eigenvalue weighted by atomic mass is 10.1. The van der Waals surface area contributed by atoms with Gasteiger partial charge in [-0.25, -0.2) is 14.9 Å². The highest BCUT2D eigenvalue weighted by Gasteiger charge is 2.23. The number of nitrogens with one attached hydrogen (secondary N) is 1. The molecule has 1 aromatic carbocycles. The van der Waals surface area contributed by atoms with Crippen LogP contribution in [0.3, 0.4) is 0 Å². The van der Waals surface area contributed by atoms with E-state index in [-0.39, 0.29) is 23.5 Å². The van der Waals surface area contributed by atoms with E-state index in [9.17, 15) is 29.7 Å². The Balaban J connectivity index is 1.55. The maximum absolute atomic E-state index is 12.8. The SMILES string of the molecule is Cn1c(=O)c2c(nnn2Cc2nnc(SCC(=O)N/N=C/[C@H](O)[C@H](O)[C@H](O)CO)n2-c2ccccc2)n(C)c1=O. The van der Waals surface area contributed by atoms with E-state index in [0.717, 1.165) is 22.5 Å². The molecule has 17 nitrogen and oxygen atoms in total. The van der Waals surface area contributed by atoms with Gasteiger partial charge in [-0.3, -0.25) is 23.3 Å². The number of carbonyl (C=O) groups excluding carboxylic acids is 1. The molecule has 0 spiro atoms. The van der Waals surface area contributed by atoms with Gasteiger partial charge in [0.1, 0.15) is 24.9 Å². The zero-order valence-corrected chi connectivity index (χ0v) is 22.1. The Morgan fingerprint density at radius 1 is 1.10 bits per heavy atom. The highest BCUT2D eigenvalue weighted by Crippen LogP contribution is 2.22. The lowest BCUT2D eigenvalue weighted by Crippen LogP contribution is -2.40. The number of aryl methyl sites for hydroxylation is 1. The first kappa shape index (κ1) is 28.8. The van der Waals surface area contributed by atoms with Gasteiger partial charge < -0.3 is 20.4 Å². The van der Waals surface area contributed by atoms with E-state index in [0.29, 0.717) is 16.7 Å². The third-order valence-electron chi connectivity index (χ3n) is 5.80.